The molecule has 106 valence electrons. The lowest BCUT2D eigenvalue weighted by Gasteiger charge is -2.11. The highest BCUT2D eigenvalue weighted by Gasteiger charge is 2.06. The van der Waals surface area contributed by atoms with Crippen LogP contribution >= 0.6 is 0 Å². The van der Waals surface area contributed by atoms with E-state index >= 15 is 0 Å². The molecule has 0 radical (unpaired) electrons. The van der Waals surface area contributed by atoms with Crippen LogP contribution in [0.25, 0.3) is 0 Å². The Morgan fingerprint density at radius 1 is 1.35 bits per heavy atom. The van der Waals surface area contributed by atoms with Crippen LogP contribution in [0.2, 0.25) is 0 Å². The molecule has 2 rings (SSSR count). The molecule has 0 spiro atoms. The number of ether oxygens (including phenoxy) is 1. The molecule has 1 aromatic carbocycles. The minimum absolute atomic E-state index is 0.0237. The first-order valence-electron chi connectivity index (χ1n) is 6.72. The summed E-state index contributed by atoms with van der Waals surface area (Å²) in [5.74, 6) is -0.0237. The van der Waals surface area contributed by atoms with Gasteiger partial charge in [0.25, 0.3) is 0 Å². The number of amides is 1. The number of benzene rings is 1. The summed E-state index contributed by atoms with van der Waals surface area (Å²) in [4.78, 5) is 11.9. The van der Waals surface area contributed by atoms with E-state index in [1.165, 1.54) is 0 Å². The largest absolute Gasteiger partial charge is 0.377 e. The van der Waals surface area contributed by atoms with Crippen molar-refractivity contribution in [3.05, 3.63) is 48.3 Å². The Kier molecular flexibility index (Phi) is 5.32. The number of anilines is 1. The maximum atomic E-state index is 11.9. The van der Waals surface area contributed by atoms with Crippen LogP contribution < -0.4 is 5.32 Å². The van der Waals surface area contributed by atoms with Crippen molar-refractivity contribution in [1.29, 1.82) is 0 Å². The van der Waals surface area contributed by atoms with E-state index in [0.717, 1.165) is 11.3 Å². The number of para-hydroxylation sites is 1. The third kappa shape index (κ3) is 4.20. The van der Waals surface area contributed by atoms with Gasteiger partial charge in [0.2, 0.25) is 5.91 Å². The molecule has 0 aliphatic carbocycles. The average Bonchev–Trinajstić information content (AvgIpc) is 2.97. The second kappa shape index (κ2) is 7.45. The van der Waals surface area contributed by atoms with Crippen LogP contribution in [0, 0.1) is 0 Å². The number of aryl methyl sites for hydroxylation is 1. The highest BCUT2D eigenvalue weighted by molar-refractivity contribution is 5.91. The molecule has 0 fully saturated rings. The summed E-state index contributed by atoms with van der Waals surface area (Å²) in [6, 6.07) is 9.53. The van der Waals surface area contributed by atoms with Crippen LogP contribution in [-0.2, 0) is 22.7 Å². The van der Waals surface area contributed by atoms with Crippen molar-refractivity contribution >= 4 is 11.6 Å². The van der Waals surface area contributed by atoms with Gasteiger partial charge in [-0.05, 0) is 19.1 Å². The molecule has 0 aliphatic rings. The molecule has 1 N–H and O–H groups in total. The summed E-state index contributed by atoms with van der Waals surface area (Å²) in [6.45, 7) is 3.69. The monoisotopic (exact) mass is 273 g/mol. The zero-order valence-corrected chi connectivity index (χ0v) is 11.6. The predicted octanol–water partition coefficient (Wildman–Crippen LogP) is 2.45. The Labute approximate surface area is 118 Å². The summed E-state index contributed by atoms with van der Waals surface area (Å²) in [7, 11) is 0. The van der Waals surface area contributed by atoms with Crippen molar-refractivity contribution in [1.82, 2.24) is 9.78 Å². The lowest BCUT2D eigenvalue weighted by Crippen LogP contribution is -2.16. The van der Waals surface area contributed by atoms with Gasteiger partial charge in [-0.3, -0.25) is 9.48 Å². The van der Waals surface area contributed by atoms with Crippen LogP contribution in [0.1, 0.15) is 18.9 Å². The zero-order valence-electron chi connectivity index (χ0n) is 11.6. The van der Waals surface area contributed by atoms with E-state index in [9.17, 15) is 4.79 Å². The van der Waals surface area contributed by atoms with Crippen molar-refractivity contribution in [2.24, 2.45) is 0 Å². The smallest absolute Gasteiger partial charge is 0.226 e. The maximum absolute atomic E-state index is 11.9. The molecular formula is C15H19N3O2. The molecule has 1 aromatic heterocycles. The van der Waals surface area contributed by atoms with Gasteiger partial charge in [-0.25, -0.2) is 0 Å². The normalized spacial score (nSPS) is 10.4. The molecule has 0 unspecified atom stereocenters. The number of hydrogen-bond acceptors (Lipinski definition) is 3. The number of aromatic nitrogens is 2. The highest BCUT2D eigenvalue weighted by Crippen LogP contribution is 2.16. The number of nitrogens with zero attached hydrogens (tertiary/aromatic N) is 2. The van der Waals surface area contributed by atoms with Gasteiger partial charge < -0.3 is 10.1 Å². The Hall–Kier alpha value is -2.14. The first kappa shape index (κ1) is 14.3. The minimum Gasteiger partial charge on any atom is -0.377 e. The van der Waals surface area contributed by atoms with E-state index in [1.54, 1.807) is 10.9 Å². The molecule has 2 aromatic rings. The van der Waals surface area contributed by atoms with Gasteiger partial charge in [0, 0.05) is 43.2 Å². The number of rotatable bonds is 7. The van der Waals surface area contributed by atoms with Gasteiger partial charge >= 0.3 is 0 Å². The average molecular weight is 273 g/mol. The Morgan fingerprint density at radius 3 is 2.95 bits per heavy atom. The summed E-state index contributed by atoms with van der Waals surface area (Å²) in [6.07, 6.45) is 3.94. The van der Waals surface area contributed by atoms with Crippen LogP contribution in [0.4, 0.5) is 5.69 Å². The van der Waals surface area contributed by atoms with Gasteiger partial charge in [0.1, 0.15) is 0 Å². The van der Waals surface area contributed by atoms with Crippen LogP contribution in [0.3, 0.4) is 0 Å². The Bertz CT molecular complexity index is 538. The van der Waals surface area contributed by atoms with E-state index in [1.807, 2.05) is 43.5 Å². The fourth-order valence-corrected chi connectivity index (χ4v) is 1.84. The van der Waals surface area contributed by atoms with E-state index < -0.39 is 0 Å². The van der Waals surface area contributed by atoms with Gasteiger partial charge in [0.05, 0.1) is 6.61 Å². The molecule has 0 saturated carbocycles. The van der Waals surface area contributed by atoms with Gasteiger partial charge in [0.15, 0.2) is 0 Å². The Balaban J connectivity index is 1.90. The number of hydrogen-bond donors (Lipinski definition) is 1. The standard InChI is InChI=1S/C15H19N3O2/c1-2-20-12-13-6-3-4-7-14(13)17-15(19)8-11-18-10-5-9-16-18/h3-7,9-10H,2,8,11-12H2,1H3,(H,17,19). The summed E-state index contributed by atoms with van der Waals surface area (Å²) in [5.41, 5.74) is 1.80. The number of carbonyl (C=O) groups excluding carboxylic acids is 1. The molecule has 5 nitrogen and oxygen atoms in total. The third-order valence-corrected chi connectivity index (χ3v) is 2.88. The zero-order chi connectivity index (χ0) is 14.2. The van der Waals surface area contributed by atoms with Crippen LogP contribution in [0.5, 0.6) is 0 Å². The van der Waals surface area contributed by atoms with Crippen molar-refractivity contribution < 1.29 is 9.53 Å². The topological polar surface area (TPSA) is 56.1 Å². The third-order valence-electron chi connectivity index (χ3n) is 2.88. The summed E-state index contributed by atoms with van der Waals surface area (Å²) in [5, 5.41) is 6.99. The lowest BCUT2D eigenvalue weighted by atomic mass is 10.2. The minimum atomic E-state index is -0.0237. The molecule has 0 bridgehead atoms. The number of carbonyl (C=O) groups is 1. The molecule has 0 saturated heterocycles. The SMILES string of the molecule is CCOCc1ccccc1NC(=O)CCn1cccn1. The maximum Gasteiger partial charge on any atom is 0.226 e. The molecule has 20 heavy (non-hydrogen) atoms. The van der Waals surface area contributed by atoms with Crippen molar-refractivity contribution in [2.75, 3.05) is 11.9 Å². The van der Waals surface area contributed by atoms with E-state index in [4.69, 9.17) is 4.74 Å². The van der Waals surface area contributed by atoms with Gasteiger partial charge in [-0.1, -0.05) is 18.2 Å². The van der Waals surface area contributed by atoms with Crippen molar-refractivity contribution in [3.8, 4) is 0 Å². The molecule has 5 heteroatoms. The summed E-state index contributed by atoms with van der Waals surface area (Å²) < 4.78 is 7.14. The van der Waals surface area contributed by atoms with E-state index in [2.05, 4.69) is 10.4 Å². The fraction of sp³-hybridized carbons (Fsp3) is 0.333. The van der Waals surface area contributed by atoms with Crippen LogP contribution in [-0.4, -0.2) is 22.3 Å². The van der Waals surface area contributed by atoms with E-state index in [0.29, 0.717) is 26.2 Å². The Morgan fingerprint density at radius 2 is 2.20 bits per heavy atom. The first-order chi connectivity index (χ1) is 9.79. The van der Waals surface area contributed by atoms with Crippen LogP contribution in [0.15, 0.2) is 42.7 Å². The number of nitrogens with one attached hydrogen (secondary N) is 1. The molecule has 1 amide bonds. The van der Waals surface area contributed by atoms with Gasteiger partial charge in [-0.2, -0.15) is 5.10 Å². The molecule has 0 aliphatic heterocycles. The summed E-state index contributed by atoms with van der Waals surface area (Å²) >= 11 is 0. The molecule has 0 atom stereocenters. The molecular weight excluding hydrogens is 254 g/mol. The lowest BCUT2D eigenvalue weighted by molar-refractivity contribution is -0.116. The first-order valence-corrected chi connectivity index (χ1v) is 6.72. The van der Waals surface area contributed by atoms with Gasteiger partial charge in [-0.15, -0.1) is 0 Å². The second-order valence-electron chi connectivity index (χ2n) is 4.36. The fourth-order valence-electron chi connectivity index (χ4n) is 1.84. The second-order valence-corrected chi connectivity index (χ2v) is 4.36. The quantitative estimate of drug-likeness (QED) is 0.843. The highest BCUT2D eigenvalue weighted by atomic mass is 16.5. The van der Waals surface area contributed by atoms with Crippen molar-refractivity contribution in [2.45, 2.75) is 26.5 Å². The van der Waals surface area contributed by atoms with Crippen molar-refractivity contribution in [3.63, 3.8) is 0 Å². The molecule has 1 heterocycles. The van der Waals surface area contributed by atoms with E-state index in [-0.39, 0.29) is 5.91 Å². The predicted molar refractivity (Wildman–Crippen MR) is 77.2 cm³/mol.